The molecule has 2 rings (SSSR count). The average Bonchev–Trinajstić information content (AvgIpc) is 2.38. The second-order valence-corrected chi connectivity index (χ2v) is 6.06. The van der Waals surface area contributed by atoms with E-state index in [0.717, 1.165) is 6.54 Å². The second-order valence-electron chi connectivity index (χ2n) is 6.06. The summed E-state index contributed by atoms with van der Waals surface area (Å²) < 4.78 is 0. The second kappa shape index (κ2) is 5.32. The molecule has 2 N–H and O–H groups in total. The number of hydrogen-bond donors (Lipinski definition) is 1. The summed E-state index contributed by atoms with van der Waals surface area (Å²) in [6.07, 6.45) is 0. The van der Waals surface area contributed by atoms with E-state index in [1.807, 2.05) is 0 Å². The lowest BCUT2D eigenvalue weighted by Gasteiger charge is -2.34. The largest absolute Gasteiger partial charge is 0.329 e. The fourth-order valence-corrected chi connectivity index (χ4v) is 2.16. The molecule has 0 aliphatic heterocycles. The van der Waals surface area contributed by atoms with Crippen LogP contribution >= 0.6 is 0 Å². The predicted molar refractivity (Wildman–Crippen MR) is 83.3 cm³/mol. The number of nitrogens with zero attached hydrogens (tertiary/aromatic N) is 1. The van der Waals surface area contributed by atoms with Gasteiger partial charge in [0.2, 0.25) is 0 Å². The van der Waals surface area contributed by atoms with Crippen molar-refractivity contribution in [1.82, 2.24) is 4.90 Å². The minimum atomic E-state index is 0.0300. The third kappa shape index (κ3) is 3.14. The van der Waals surface area contributed by atoms with Crippen molar-refractivity contribution in [1.29, 1.82) is 0 Å². The molecule has 0 atom stereocenters. The Morgan fingerprint density at radius 1 is 1.05 bits per heavy atom. The van der Waals surface area contributed by atoms with E-state index >= 15 is 0 Å². The molecule has 0 aliphatic carbocycles. The van der Waals surface area contributed by atoms with Crippen molar-refractivity contribution in [2.45, 2.75) is 32.9 Å². The first-order valence-electron chi connectivity index (χ1n) is 6.83. The first-order chi connectivity index (χ1) is 8.92. The van der Waals surface area contributed by atoms with Crippen LogP contribution in [0.2, 0.25) is 0 Å². The van der Waals surface area contributed by atoms with E-state index in [1.54, 1.807) is 0 Å². The van der Waals surface area contributed by atoms with Crippen molar-refractivity contribution < 1.29 is 0 Å². The Morgan fingerprint density at radius 3 is 2.37 bits per heavy atom. The van der Waals surface area contributed by atoms with Gasteiger partial charge < -0.3 is 5.73 Å². The van der Waals surface area contributed by atoms with Gasteiger partial charge in [-0.2, -0.15) is 0 Å². The molecule has 102 valence electrons. The highest BCUT2D eigenvalue weighted by atomic mass is 15.2. The predicted octanol–water partition coefficient (Wildman–Crippen LogP) is 3.32. The van der Waals surface area contributed by atoms with E-state index in [9.17, 15) is 0 Å². The van der Waals surface area contributed by atoms with E-state index in [-0.39, 0.29) is 5.54 Å². The smallest absolute Gasteiger partial charge is 0.0275 e. The molecular formula is C17H24N2. The van der Waals surface area contributed by atoms with Crippen LogP contribution in [0.1, 0.15) is 25.0 Å². The van der Waals surface area contributed by atoms with Gasteiger partial charge in [0.05, 0.1) is 0 Å². The topological polar surface area (TPSA) is 29.3 Å². The fourth-order valence-electron chi connectivity index (χ4n) is 2.16. The Morgan fingerprint density at radius 2 is 1.68 bits per heavy atom. The highest BCUT2D eigenvalue weighted by Crippen LogP contribution is 2.20. The molecule has 0 heterocycles. The summed E-state index contributed by atoms with van der Waals surface area (Å²) in [5.74, 6) is 0. The number of benzene rings is 2. The standard InChI is InChI=1S/C17H24N2/c1-13-5-7-16-10-14(6-8-15(16)9-13)11-19(4)17(2,3)12-18/h5-10H,11-12,18H2,1-4H3. The maximum atomic E-state index is 5.83. The van der Waals surface area contributed by atoms with E-state index in [0.29, 0.717) is 6.54 Å². The zero-order valence-electron chi connectivity index (χ0n) is 12.4. The van der Waals surface area contributed by atoms with Crippen LogP contribution in [-0.4, -0.2) is 24.0 Å². The minimum Gasteiger partial charge on any atom is -0.329 e. The molecule has 0 saturated carbocycles. The zero-order valence-corrected chi connectivity index (χ0v) is 12.4. The van der Waals surface area contributed by atoms with E-state index in [2.05, 4.69) is 69.1 Å². The lowest BCUT2D eigenvalue weighted by atomic mass is 10.0. The summed E-state index contributed by atoms with van der Waals surface area (Å²) in [6, 6.07) is 13.3. The summed E-state index contributed by atoms with van der Waals surface area (Å²) in [6.45, 7) is 8.07. The van der Waals surface area contributed by atoms with Gasteiger partial charge in [-0.05, 0) is 50.2 Å². The molecule has 0 spiro atoms. The Labute approximate surface area is 116 Å². The number of aryl methyl sites for hydroxylation is 1. The summed E-state index contributed by atoms with van der Waals surface area (Å²) in [4.78, 5) is 2.31. The minimum absolute atomic E-state index is 0.0300. The number of fused-ring (bicyclic) bond motifs is 1. The molecule has 0 fully saturated rings. The van der Waals surface area contributed by atoms with Gasteiger partial charge in [-0.25, -0.2) is 0 Å². The van der Waals surface area contributed by atoms with Gasteiger partial charge in [0.25, 0.3) is 0 Å². The highest BCUT2D eigenvalue weighted by Gasteiger charge is 2.21. The van der Waals surface area contributed by atoms with Crippen molar-refractivity contribution in [3.8, 4) is 0 Å². The molecule has 0 aliphatic rings. The van der Waals surface area contributed by atoms with Crippen LogP contribution in [0.15, 0.2) is 36.4 Å². The van der Waals surface area contributed by atoms with Crippen LogP contribution in [0.4, 0.5) is 0 Å². The first-order valence-corrected chi connectivity index (χ1v) is 6.83. The maximum absolute atomic E-state index is 5.83. The van der Waals surface area contributed by atoms with Crippen LogP contribution in [0, 0.1) is 6.92 Å². The van der Waals surface area contributed by atoms with Crippen LogP contribution in [0.25, 0.3) is 10.8 Å². The molecule has 0 unspecified atom stereocenters. The van der Waals surface area contributed by atoms with Gasteiger partial charge in [-0.15, -0.1) is 0 Å². The van der Waals surface area contributed by atoms with Gasteiger partial charge in [0, 0.05) is 18.6 Å². The molecule has 0 bridgehead atoms. The van der Waals surface area contributed by atoms with E-state index in [1.165, 1.54) is 21.9 Å². The molecule has 19 heavy (non-hydrogen) atoms. The summed E-state index contributed by atoms with van der Waals surface area (Å²) in [7, 11) is 2.13. The number of hydrogen-bond acceptors (Lipinski definition) is 2. The van der Waals surface area contributed by atoms with E-state index < -0.39 is 0 Å². The van der Waals surface area contributed by atoms with Crippen molar-refractivity contribution in [2.24, 2.45) is 5.73 Å². The SMILES string of the molecule is Cc1ccc2cc(CN(C)C(C)(C)CN)ccc2c1. The quantitative estimate of drug-likeness (QED) is 0.909. The van der Waals surface area contributed by atoms with Crippen molar-refractivity contribution in [2.75, 3.05) is 13.6 Å². The molecule has 0 radical (unpaired) electrons. The highest BCUT2D eigenvalue weighted by molar-refractivity contribution is 5.83. The Balaban J connectivity index is 2.25. The molecule has 2 aromatic rings. The van der Waals surface area contributed by atoms with Crippen molar-refractivity contribution in [3.05, 3.63) is 47.5 Å². The molecule has 2 nitrogen and oxygen atoms in total. The molecule has 0 aromatic heterocycles. The maximum Gasteiger partial charge on any atom is 0.0275 e. The fraction of sp³-hybridized carbons (Fsp3) is 0.412. The van der Waals surface area contributed by atoms with Gasteiger partial charge in [-0.1, -0.05) is 35.9 Å². The van der Waals surface area contributed by atoms with Crippen LogP contribution in [-0.2, 0) is 6.54 Å². The summed E-state index contributed by atoms with van der Waals surface area (Å²) in [5.41, 5.74) is 8.50. The molecule has 2 aromatic carbocycles. The average molecular weight is 256 g/mol. The lowest BCUT2D eigenvalue weighted by molar-refractivity contribution is 0.156. The summed E-state index contributed by atoms with van der Waals surface area (Å²) >= 11 is 0. The zero-order chi connectivity index (χ0) is 14.0. The Bertz CT molecular complexity index is 572. The van der Waals surface area contributed by atoms with Crippen LogP contribution in [0.5, 0.6) is 0 Å². The molecule has 0 amide bonds. The molecule has 2 heteroatoms. The monoisotopic (exact) mass is 256 g/mol. The molecular weight excluding hydrogens is 232 g/mol. The first kappa shape index (κ1) is 14.0. The van der Waals surface area contributed by atoms with Crippen molar-refractivity contribution in [3.63, 3.8) is 0 Å². The Hall–Kier alpha value is -1.38. The summed E-state index contributed by atoms with van der Waals surface area (Å²) in [5, 5.41) is 2.62. The normalized spacial score (nSPS) is 12.3. The van der Waals surface area contributed by atoms with Gasteiger partial charge in [0.1, 0.15) is 0 Å². The van der Waals surface area contributed by atoms with E-state index in [4.69, 9.17) is 5.73 Å². The van der Waals surface area contributed by atoms with Gasteiger partial charge in [0.15, 0.2) is 0 Å². The Kier molecular flexibility index (Phi) is 3.93. The lowest BCUT2D eigenvalue weighted by Crippen LogP contribution is -2.46. The van der Waals surface area contributed by atoms with Crippen LogP contribution < -0.4 is 5.73 Å². The third-order valence-electron chi connectivity index (χ3n) is 4.01. The van der Waals surface area contributed by atoms with Gasteiger partial charge >= 0.3 is 0 Å². The van der Waals surface area contributed by atoms with Crippen LogP contribution in [0.3, 0.4) is 0 Å². The number of rotatable bonds is 4. The number of nitrogens with two attached hydrogens (primary N) is 1. The van der Waals surface area contributed by atoms with Crippen molar-refractivity contribution >= 4 is 10.8 Å². The third-order valence-corrected chi connectivity index (χ3v) is 4.01. The number of likely N-dealkylation sites (N-methyl/N-ethyl adjacent to an activating group) is 1. The van der Waals surface area contributed by atoms with Gasteiger partial charge in [-0.3, -0.25) is 4.90 Å². The molecule has 0 saturated heterocycles.